The topological polar surface area (TPSA) is 46.2 Å². The molecule has 1 aromatic rings. The molecule has 0 radical (unpaired) electrons. The summed E-state index contributed by atoms with van der Waals surface area (Å²) in [6.07, 6.45) is -3.29. The zero-order chi connectivity index (χ0) is 15.1. The number of carbonyl (C=O) groups is 2. The number of hydrogen-bond acceptors (Lipinski definition) is 2. The molecule has 5 heteroatoms. The Morgan fingerprint density at radius 2 is 1.90 bits per heavy atom. The molecule has 20 heavy (non-hydrogen) atoms. The average Bonchev–Trinajstić information content (AvgIpc) is 2.62. The van der Waals surface area contributed by atoms with Crippen molar-refractivity contribution in [1.82, 2.24) is 5.32 Å². The summed E-state index contributed by atoms with van der Waals surface area (Å²) < 4.78 is 27.1. The predicted molar refractivity (Wildman–Crippen MR) is 70.8 cm³/mol. The van der Waals surface area contributed by atoms with Crippen LogP contribution in [0.15, 0.2) is 24.3 Å². The Labute approximate surface area is 116 Å². The van der Waals surface area contributed by atoms with Gasteiger partial charge < -0.3 is 5.32 Å². The summed E-state index contributed by atoms with van der Waals surface area (Å²) in [4.78, 5) is 24.6. The molecular formula is C15H17F2NO2. The van der Waals surface area contributed by atoms with Crippen LogP contribution in [0, 0.1) is 5.41 Å². The molecule has 0 heterocycles. The number of benzene rings is 1. The van der Waals surface area contributed by atoms with Gasteiger partial charge in [-0.1, -0.05) is 24.3 Å². The number of nitrogens with one attached hydrogen (secondary N) is 1. The largest absolute Gasteiger partial charge is 0.350 e. The Morgan fingerprint density at radius 1 is 1.30 bits per heavy atom. The monoisotopic (exact) mass is 281 g/mol. The third-order valence-electron chi connectivity index (χ3n) is 3.40. The van der Waals surface area contributed by atoms with Crippen LogP contribution in [0.4, 0.5) is 8.78 Å². The SMILES string of the molecule is CC(C)(C)NC(=O)C1(C(F)F)Cc2ccccc2C1=O. The average molecular weight is 281 g/mol. The number of rotatable bonds is 2. The zero-order valence-corrected chi connectivity index (χ0v) is 11.7. The van der Waals surface area contributed by atoms with Gasteiger partial charge in [0, 0.05) is 17.5 Å². The van der Waals surface area contributed by atoms with Crippen LogP contribution < -0.4 is 5.32 Å². The molecule has 0 bridgehead atoms. The summed E-state index contributed by atoms with van der Waals surface area (Å²) in [5, 5.41) is 2.51. The molecule has 0 fully saturated rings. The van der Waals surface area contributed by atoms with Crippen LogP contribution in [-0.4, -0.2) is 23.7 Å². The number of hydrogen-bond donors (Lipinski definition) is 1. The standard InChI is InChI=1S/C15H17F2NO2/c1-14(2,3)18-13(20)15(12(16)17)8-9-6-4-5-7-10(9)11(15)19/h4-7,12H,8H2,1-3H3,(H,18,20). The van der Waals surface area contributed by atoms with Crippen molar-refractivity contribution in [3.63, 3.8) is 0 Å². The van der Waals surface area contributed by atoms with Gasteiger partial charge in [-0.3, -0.25) is 9.59 Å². The van der Waals surface area contributed by atoms with Crippen LogP contribution >= 0.6 is 0 Å². The first kappa shape index (κ1) is 14.6. The summed E-state index contributed by atoms with van der Waals surface area (Å²) in [7, 11) is 0. The summed E-state index contributed by atoms with van der Waals surface area (Å²) in [6.45, 7) is 5.07. The molecule has 0 saturated carbocycles. The van der Waals surface area contributed by atoms with E-state index in [1.807, 2.05) is 0 Å². The maximum absolute atomic E-state index is 13.6. The molecule has 0 aliphatic heterocycles. The highest BCUT2D eigenvalue weighted by Crippen LogP contribution is 2.42. The second-order valence-electron chi connectivity index (χ2n) is 6.14. The molecule has 0 saturated heterocycles. The van der Waals surface area contributed by atoms with E-state index in [2.05, 4.69) is 5.32 Å². The normalized spacial score (nSPS) is 22.0. The van der Waals surface area contributed by atoms with Crippen molar-refractivity contribution in [3.05, 3.63) is 35.4 Å². The van der Waals surface area contributed by atoms with Crippen LogP contribution in [0.25, 0.3) is 0 Å². The van der Waals surface area contributed by atoms with Gasteiger partial charge in [-0.15, -0.1) is 0 Å². The highest BCUT2D eigenvalue weighted by atomic mass is 19.3. The fraction of sp³-hybridized carbons (Fsp3) is 0.467. The second kappa shape index (κ2) is 4.65. The van der Waals surface area contributed by atoms with E-state index in [9.17, 15) is 18.4 Å². The van der Waals surface area contributed by atoms with Gasteiger partial charge in [-0.25, -0.2) is 8.78 Å². The van der Waals surface area contributed by atoms with E-state index in [4.69, 9.17) is 0 Å². The molecule has 0 spiro atoms. The van der Waals surface area contributed by atoms with Gasteiger partial charge in [0.2, 0.25) is 5.91 Å². The lowest BCUT2D eigenvalue weighted by Crippen LogP contribution is -2.55. The Kier molecular flexibility index (Phi) is 3.40. The molecule has 0 aromatic heterocycles. The van der Waals surface area contributed by atoms with Gasteiger partial charge in [-0.2, -0.15) is 0 Å². The first-order valence-corrected chi connectivity index (χ1v) is 6.42. The molecule has 3 nitrogen and oxygen atoms in total. The Balaban J connectivity index is 2.45. The van der Waals surface area contributed by atoms with E-state index in [-0.39, 0.29) is 12.0 Å². The van der Waals surface area contributed by atoms with Crippen LogP contribution in [0.5, 0.6) is 0 Å². The lowest BCUT2D eigenvalue weighted by molar-refractivity contribution is -0.137. The van der Waals surface area contributed by atoms with Crippen molar-refractivity contribution in [3.8, 4) is 0 Å². The molecular weight excluding hydrogens is 264 g/mol. The minimum atomic E-state index is -3.04. The van der Waals surface area contributed by atoms with Crippen molar-refractivity contribution < 1.29 is 18.4 Å². The fourth-order valence-corrected chi connectivity index (χ4v) is 2.43. The molecule has 1 N–H and O–H groups in total. The summed E-state index contributed by atoms with van der Waals surface area (Å²) in [5.41, 5.74) is -2.25. The number of Topliss-reactive ketones (excluding diaryl/α,β-unsaturated/α-hetero) is 1. The maximum atomic E-state index is 13.6. The summed E-state index contributed by atoms with van der Waals surface area (Å²) in [6, 6.07) is 6.39. The van der Waals surface area contributed by atoms with Crippen molar-refractivity contribution in [2.75, 3.05) is 0 Å². The first-order valence-electron chi connectivity index (χ1n) is 6.42. The summed E-state index contributed by atoms with van der Waals surface area (Å²) >= 11 is 0. The van der Waals surface area contributed by atoms with Gasteiger partial charge in [0.05, 0.1) is 0 Å². The second-order valence-corrected chi connectivity index (χ2v) is 6.14. The number of fused-ring (bicyclic) bond motifs is 1. The molecule has 1 aliphatic carbocycles. The quantitative estimate of drug-likeness (QED) is 0.847. The van der Waals surface area contributed by atoms with E-state index in [0.717, 1.165) is 0 Å². The zero-order valence-electron chi connectivity index (χ0n) is 11.7. The lowest BCUT2D eigenvalue weighted by Gasteiger charge is -2.30. The molecule has 1 aliphatic rings. The van der Waals surface area contributed by atoms with Gasteiger partial charge >= 0.3 is 0 Å². The van der Waals surface area contributed by atoms with Gasteiger partial charge in [0.1, 0.15) is 0 Å². The van der Waals surface area contributed by atoms with Crippen molar-refractivity contribution >= 4 is 11.7 Å². The highest BCUT2D eigenvalue weighted by molar-refractivity contribution is 6.17. The van der Waals surface area contributed by atoms with Crippen LogP contribution in [-0.2, 0) is 11.2 Å². The van der Waals surface area contributed by atoms with E-state index >= 15 is 0 Å². The predicted octanol–water partition coefficient (Wildman–Crippen LogP) is 2.59. The molecule has 1 atom stereocenters. The molecule has 108 valence electrons. The number of halogens is 2. The Hall–Kier alpha value is -1.78. The lowest BCUT2D eigenvalue weighted by atomic mass is 9.82. The Morgan fingerprint density at radius 3 is 2.40 bits per heavy atom. The van der Waals surface area contributed by atoms with Crippen molar-refractivity contribution in [2.24, 2.45) is 5.41 Å². The van der Waals surface area contributed by atoms with Gasteiger partial charge in [-0.05, 0) is 26.3 Å². The minimum Gasteiger partial charge on any atom is -0.350 e. The van der Waals surface area contributed by atoms with Crippen LogP contribution in [0.1, 0.15) is 36.7 Å². The van der Waals surface area contributed by atoms with E-state index in [1.165, 1.54) is 6.07 Å². The number of ketones is 1. The van der Waals surface area contributed by atoms with E-state index < -0.39 is 29.1 Å². The number of amides is 1. The van der Waals surface area contributed by atoms with Crippen molar-refractivity contribution in [2.45, 2.75) is 39.2 Å². The minimum absolute atomic E-state index is 0.219. The van der Waals surface area contributed by atoms with E-state index in [1.54, 1.807) is 39.0 Å². The number of carbonyl (C=O) groups excluding carboxylic acids is 2. The van der Waals surface area contributed by atoms with Crippen molar-refractivity contribution in [1.29, 1.82) is 0 Å². The van der Waals surface area contributed by atoms with Crippen LogP contribution in [0.3, 0.4) is 0 Å². The van der Waals surface area contributed by atoms with Crippen LogP contribution in [0.2, 0.25) is 0 Å². The maximum Gasteiger partial charge on any atom is 0.260 e. The fourth-order valence-electron chi connectivity index (χ4n) is 2.43. The number of alkyl halides is 2. The third-order valence-corrected chi connectivity index (χ3v) is 3.40. The molecule has 1 unspecified atom stereocenters. The first-order chi connectivity index (χ1) is 9.18. The molecule has 2 rings (SSSR count). The Bertz CT molecular complexity index is 563. The smallest absolute Gasteiger partial charge is 0.260 e. The van der Waals surface area contributed by atoms with Gasteiger partial charge in [0.25, 0.3) is 6.43 Å². The third kappa shape index (κ3) is 2.21. The molecule has 1 aromatic carbocycles. The molecule has 1 amide bonds. The highest BCUT2D eigenvalue weighted by Gasteiger charge is 2.58. The summed E-state index contributed by atoms with van der Waals surface area (Å²) in [5.74, 6) is -1.69. The van der Waals surface area contributed by atoms with E-state index in [0.29, 0.717) is 5.56 Å². The van der Waals surface area contributed by atoms with Gasteiger partial charge in [0.15, 0.2) is 11.2 Å².